The number of hydrogen-bond acceptors (Lipinski definition) is 4. The monoisotopic (exact) mass is 235 g/mol. The second kappa shape index (κ2) is 7.04. The second-order valence-electron chi connectivity index (χ2n) is 4.08. The van der Waals surface area contributed by atoms with Crippen LogP contribution in [0.25, 0.3) is 0 Å². The number of pyridine rings is 1. The molecule has 0 aliphatic carbocycles. The molecule has 0 aliphatic heterocycles. The second-order valence-corrected chi connectivity index (χ2v) is 4.08. The van der Waals surface area contributed by atoms with Crippen LogP contribution in [0, 0.1) is 0 Å². The number of aromatic nitrogens is 1. The molecule has 0 amide bonds. The zero-order valence-electron chi connectivity index (χ0n) is 10.6. The molecule has 1 atom stereocenters. The lowest BCUT2D eigenvalue weighted by Gasteiger charge is -2.16. The van der Waals surface area contributed by atoms with Crippen molar-refractivity contribution in [2.75, 3.05) is 7.11 Å². The minimum Gasteiger partial charge on any atom is -0.481 e. The van der Waals surface area contributed by atoms with Gasteiger partial charge in [0.1, 0.15) is 0 Å². The highest BCUT2D eigenvalue weighted by Gasteiger charge is 2.09. The molecule has 1 aromatic rings. The summed E-state index contributed by atoms with van der Waals surface area (Å²) in [6.45, 7) is 6.10. The van der Waals surface area contributed by atoms with Crippen LogP contribution in [0.15, 0.2) is 30.5 Å². The first-order chi connectivity index (χ1) is 8.19. The summed E-state index contributed by atoms with van der Waals surface area (Å²) < 4.78 is 5.02. The van der Waals surface area contributed by atoms with Gasteiger partial charge in [0, 0.05) is 18.3 Å². The van der Waals surface area contributed by atoms with Gasteiger partial charge in [-0.2, -0.15) is 0 Å². The number of nitrogens with two attached hydrogens (primary N) is 1. The maximum atomic E-state index is 5.54. The Balaban J connectivity index is 2.57. The van der Waals surface area contributed by atoms with E-state index in [1.54, 1.807) is 7.11 Å². The van der Waals surface area contributed by atoms with E-state index in [4.69, 9.17) is 10.6 Å². The van der Waals surface area contributed by atoms with E-state index in [1.807, 2.05) is 18.3 Å². The molecule has 0 spiro atoms. The Morgan fingerprint density at radius 2 is 2.35 bits per heavy atom. The lowest BCUT2D eigenvalue weighted by molar-refractivity contribution is 0.397. The van der Waals surface area contributed by atoms with Crippen LogP contribution in [0.2, 0.25) is 0 Å². The van der Waals surface area contributed by atoms with Crippen molar-refractivity contribution < 1.29 is 4.74 Å². The fourth-order valence-electron chi connectivity index (χ4n) is 1.62. The summed E-state index contributed by atoms with van der Waals surface area (Å²) in [5.41, 5.74) is 5.16. The van der Waals surface area contributed by atoms with Crippen LogP contribution in [0.5, 0.6) is 5.88 Å². The van der Waals surface area contributed by atoms with E-state index in [-0.39, 0.29) is 6.04 Å². The van der Waals surface area contributed by atoms with Gasteiger partial charge in [-0.1, -0.05) is 25.1 Å². The summed E-state index contributed by atoms with van der Waals surface area (Å²) in [4.78, 5) is 4.17. The SMILES string of the molecule is C=C(CC)CC(Cc1ccc(OC)nc1)NN. The third kappa shape index (κ3) is 4.54. The smallest absolute Gasteiger partial charge is 0.212 e. The molecule has 0 saturated heterocycles. The molecule has 0 aliphatic rings. The molecule has 0 fully saturated rings. The highest BCUT2D eigenvalue weighted by Crippen LogP contribution is 2.13. The molecule has 3 N–H and O–H groups in total. The third-order valence-electron chi connectivity index (χ3n) is 2.76. The first-order valence-corrected chi connectivity index (χ1v) is 5.81. The predicted molar refractivity (Wildman–Crippen MR) is 69.7 cm³/mol. The van der Waals surface area contributed by atoms with Gasteiger partial charge in [0.25, 0.3) is 0 Å². The van der Waals surface area contributed by atoms with Gasteiger partial charge in [0.2, 0.25) is 5.88 Å². The molecular weight excluding hydrogens is 214 g/mol. The van der Waals surface area contributed by atoms with Crippen LogP contribution >= 0.6 is 0 Å². The molecule has 0 saturated carbocycles. The summed E-state index contributed by atoms with van der Waals surface area (Å²) >= 11 is 0. The predicted octanol–water partition coefficient (Wildman–Crippen LogP) is 1.82. The molecule has 0 aromatic carbocycles. The number of hydrogen-bond donors (Lipinski definition) is 2. The highest BCUT2D eigenvalue weighted by atomic mass is 16.5. The number of nitrogens with one attached hydrogen (secondary N) is 1. The van der Waals surface area contributed by atoms with Crippen LogP contribution in [0.4, 0.5) is 0 Å². The van der Waals surface area contributed by atoms with E-state index in [0.29, 0.717) is 5.88 Å². The van der Waals surface area contributed by atoms with Crippen molar-refractivity contribution in [1.29, 1.82) is 0 Å². The maximum absolute atomic E-state index is 5.54. The lowest BCUT2D eigenvalue weighted by Crippen LogP contribution is -2.37. The molecule has 1 heterocycles. The Hall–Kier alpha value is -1.39. The Morgan fingerprint density at radius 1 is 1.59 bits per heavy atom. The zero-order chi connectivity index (χ0) is 12.7. The van der Waals surface area contributed by atoms with Gasteiger partial charge in [-0.05, 0) is 24.8 Å². The summed E-state index contributed by atoms with van der Waals surface area (Å²) in [5.74, 6) is 6.17. The van der Waals surface area contributed by atoms with Crippen molar-refractivity contribution in [2.45, 2.75) is 32.2 Å². The Bertz CT molecular complexity index is 348. The third-order valence-corrected chi connectivity index (χ3v) is 2.76. The van der Waals surface area contributed by atoms with Crippen LogP contribution in [-0.4, -0.2) is 18.1 Å². The minimum absolute atomic E-state index is 0.206. The molecule has 0 bridgehead atoms. The number of rotatable bonds is 7. The zero-order valence-corrected chi connectivity index (χ0v) is 10.6. The Labute approximate surface area is 103 Å². The summed E-state index contributed by atoms with van der Waals surface area (Å²) in [6.07, 6.45) is 4.53. The minimum atomic E-state index is 0.206. The normalized spacial score (nSPS) is 12.2. The quantitative estimate of drug-likeness (QED) is 0.430. The molecule has 4 heteroatoms. The fourth-order valence-corrected chi connectivity index (χ4v) is 1.62. The topological polar surface area (TPSA) is 60.2 Å². The van der Waals surface area contributed by atoms with Gasteiger partial charge >= 0.3 is 0 Å². The molecule has 94 valence electrons. The van der Waals surface area contributed by atoms with Crippen molar-refractivity contribution in [3.63, 3.8) is 0 Å². The average Bonchev–Trinajstić information content (AvgIpc) is 2.38. The van der Waals surface area contributed by atoms with Gasteiger partial charge in [0.05, 0.1) is 7.11 Å². The highest BCUT2D eigenvalue weighted by molar-refractivity contribution is 5.19. The van der Waals surface area contributed by atoms with Crippen molar-refractivity contribution >= 4 is 0 Å². The number of nitrogens with zero attached hydrogens (tertiary/aromatic N) is 1. The molecular formula is C13H21N3O. The van der Waals surface area contributed by atoms with E-state index in [2.05, 4.69) is 23.9 Å². The van der Waals surface area contributed by atoms with E-state index in [1.165, 1.54) is 5.57 Å². The van der Waals surface area contributed by atoms with Gasteiger partial charge in [-0.15, -0.1) is 0 Å². The first-order valence-electron chi connectivity index (χ1n) is 5.81. The van der Waals surface area contributed by atoms with Crippen molar-refractivity contribution in [1.82, 2.24) is 10.4 Å². The van der Waals surface area contributed by atoms with Crippen LogP contribution in [-0.2, 0) is 6.42 Å². The first kappa shape index (κ1) is 13.7. The van der Waals surface area contributed by atoms with E-state index in [9.17, 15) is 0 Å². The van der Waals surface area contributed by atoms with E-state index >= 15 is 0 Å². The van der Waals surface area contributed by atoms with Crippen molar-refractivity contribution in [3.8, 4) is 5.88 Å². The Morgan fingerprint density at radius 3 is 2.82 bits per heavy atom. The molecule has 1 unspecified atom stereocenters. The van der Waals surface area contributed by atoms with Gasteiger partial charge in [0.15, 0.2) is 0 Å². The molecule has 4 nitrogen and oxygen atoms in total. The number of methoxy groups -OCH3 is 1. The largest absolute Gasteiger partial charge is 0.481 e. The number of hydrazine groups is 1. The van der Waals surface area contributed by atoms with Crippen LogP contribution in [0.1, 0.15) is 25.3 Å². The van der Waals surface area contributed by atoms with Gasteiger partial charge in [-0.25, -0.2) is 4.98 Å². The average molecular weight is 235 g/mol. The summed E-state index contributed by atoms with van der Waals surface area (Å²) in [5, 5.41) is 0. The lowest BCUT2D eigenvalue weighted by atomic mass is 10.00. The van der Waals surface area contributed by atoms with Crippen molar-refractivity contribution in [3.05, 3.63) is 36.0 Å². The molecule has 1 aromatic heterocycles. The number of ether oxygens (including phenoxy) is 1. The van der Waals surface area contributed by atoms with Gasteiger partial charge < -0.3 is 4.74 Å². The Kier molecular flexibility index (Phi) is 5.66. The maximum Gasteiger partial charge on any atom is 0.212 e. The molecule has 0 radical (unpaired) electrons. The van der Waals surface area contributed by atoms with Gasteiger partial charge in [-0.3, -0.25) is 11.3 Å². The molecule has 17 heavy (non-hydrogen) atoms. The van der Waals surface area contributed by atoms with E-state index < -0.39 is 0 Å². The van der Waals surface area contributed by atoms with Crippen LogP contribution in [0.3, 0.4) is 0 Å². The standard InChI is InChI=1S/C13H21N3O/c1-4-10(2)7-12(16-14)8-11-5-6-13(17-3)15-9-11/h5-6,9,12,16H,2,4,7-8,14H2,1,3H3. The molecule has 1 rings (SSSR count). The summed E-state index contributed by atoms with van der Waals surface area (Å²) in [7, 11) is 1.61. The van der Waals surface area contributed by atoms with Crippen LogP contribution < -0.4 is 16.0 Å². The fraction of sp³-hybridized carbons (Fsp3) is 0.462. The van der Waals surface area contributed by atoms with E-state index in [0.717, 1.165) is 24.8 Å². The summed E-state index contributed by atoms with van der Waals surface area (Å²) in [6, 6.07) is 4.07. The van der Waals surface area contributed by atoms with Crippen molar-refractivity contribution in [2.24, 2.45) is 5.84 Å².